The zero-order chi connectivity index (χ0) is 38.8. The summed E-state index contributed by atoms with van der Waals surface area (Å²) in [5, 5.41) is 40.0. The van der Waals surface area contributed by atoms with Gasteiger partial charge in [-0.2, -0.15) is 0 Å². The number of allylic oxidation sites excluding steroid dienone is 2. The lowest BCUT2D eigenvalue weighted by Crippen LogP contribution is -2.62. The van der Waals surface area contributed by atoms with E-state index < -0.39 is 62.0 Å². The lowest BCUT2D eigenvalue weighted by atomic mass is 9.98. The van der Waals surface area contributed by atoms with Gasteiger partial charge in [-0.1, -0.05) is 154 Å². The normalized spacial score (nSPS) is 20.9. The molecule has 1 heterocycles. The molecule has 0 aliphatic carbocycles. The maximum absolute atomic E-state index is 13.0. The summed E-state index contributed by atoms with van der Waals surface area (Å²) < 4.78 is 22.7. The average Bonchev–Trinajstić information content (AvgIpc) is 3.15. The molecule has 1 saturated heterocycles. The highest BCUT2D eigenvalue weighted by molar-refractivity contribution is 5.70. The van der Waals surface area contributed by atoms with Gasteiger partial charge in [0.25, 0.3) is 0 Å². The molecule has 6 atom stereocenters. The second-order valence-electron chi connectivity index (χ2n) is 15.1. The summed E-state index contributed by atoms with van der Waals surface area (Å²) in [6, 6.07) is 0. The Morgan fingerprint density at radius 3 is 1.42 bits per heavy atom. The Labute approximate surface area is 322 Å². The van der Waals surface area contributed by atoms with Gasteiger partial charge in [-0.15, -0.1) is 0 Å². The Bertz CT molecular complexity index is 883. The van der Waals surface area contributed by atoms with Crippen LogP contribution in [0.4, 0.5) is 0 Å². The highest BCUT2D eigenvalue weighted by Gasteiger charge is 2.50. The quantitative estimate of drug-likeness (QED) is 0.0277. The number of hydrogen-bond acceptors (Lipinski definition) is 10. The maximum atomic E-state index is 13.0. The van der Waals surface area contributed by atoms with Crippen molar-refractivity contribution in [1.29, 1.82) is 0 Å². The summed E-state index contributed by atoms with van der Waals surface area (Å²) in [5.41, 5.74) is 0. The molecule has 4 N–H and O–H groups in total. The summed E-state index contributed by atoms with van der Waals surface area (Å²) in [7, 11) is 0. The largest absolute Gasteiger partial charge is 0.455 e. The van der Waals surface area contributed by atoms with Gasteiger partial charge in [0.15, 0.2) is 18.5 Å². The first-order chi connectivity index (χ1) is 25.9. The number of ether oxygens (including phenoxy) is 4. The van der Waals surface area contributed by atoms with Crippen molar-refractivity contribution >= 4 is 11.9 Å². The van der Waals surface area contributed by atoms with Gasteiger partial charge in [0.05, 0.1) is 19.8 Å². The third-order valence-corrected chi connectivity index (χ3v) is 10.1. The van der Waals surface area contributed by atoms with Gasteiger partial charge in [-0.3, -0.25) is 9.59 Å². The third kappa shape index (κ3) is 26.0. The Kier molecular flexibility index (Phi) is 32.6. The van der Waals surface area contributed by atoms with Gasteiger partial charge in [-0.25, -0.2) is 0 Å². The van der Waals surface area contributed by atoms with Crippen molar-refractivity contribution in [3.63, 3.8) is 0 Å². The smallest absolute Gasteiger partial charge is 0.306 e. The summed E-state index contributed by atoms with van der Waals surface area (Å²) in [5.74, 6) is -1.08. The minimum Gasteiger partial charge on any atom is -0.455 e. The standard InChI is InChI=1S/C43H80O10/c1-3-5-7-9-11-13-15-17-18-20-22-24-26-28-30-32-39(48)53-42-41(40(49)37(34-45)51-43(42)50-35-36(46)33-44)52-38(47)31-29-27-25-23-21-19-16-14-12-10-8-6-4-2/h17-18,36-37,40-46,49H,3-16,19-35H2,1-2H3/b18-17-/t36-,37-,40-,41+,42-,43+/m1/s1. The second-order valence-corrected chi connectivity index (χ2v) is 15.1. The molecule has 0 radical (unpaired) electrons. The molecule has 0 bridgehead atoms. The van der Waals surface area contributed by atoms with E-state index in [4.69, 9.17) is 18.9 Å². The predicted molar refractivity (Wildman–Crippen MR) is 210 cm³/mol. The maximum Gasteiger partial charge on any atom is 0.306 e. The molecule has 0 amide bonds. The van der Waals surface area contributed by atoms with E-state index >= 15 is 0 Å². The van der Waals surface area contributed by atoms with Crippen LogP contribution < -0.4 is 0 Å². The molecule has 1 aliphatic heterocycles. The Balaban J connectivity index is 2.49. The molecule has 10 nitrogen and oxygen atoms in total. The second kappa shape index (κ2) is 34.9. The van der Waals surface area contributed by atoms with E-state index in [1.807, 2.05) is 0 Å². The van der Waals surface area contributed by atoms with E-state index in [0.29, 0.717) is 12.8 Å². The van der Waals surface area contributed by atoms with Crippen LogP contribution in [-0.4, -0.2) is 89.0 Å². The first-order valence-electron chi connectivity index (χ1n) is 21.8. The van der Waals surface area contributed by atoms with E-state index in [9.17, 15) is 30.0 Å². The van der Waals surface area contributed by atoms with Crippen molar-refractivity contribution in [2.45, 2.75) is 230 Å². The molecule has 10 heteroatoms. The molecule has 0 unspecified atom stereocenters. The van der Waals surface area contributed by atoms with Crippen molar-refractivity contribution in [3.05, 3.63) is 12.2 Å². The topological polar surface area (TPSA) is 152 Å². The van der Waals surface area contributed by atoms with Gasteiger partial charge in [0.2, 0.25) is 0 Å². The zero-order valence-electron chi connectivity index (χ0n) is 33.8. The van der Waals surface area contributed by atoms with Crippen LogP contribution in [0.25, 0.3) is 0 Å². The van der Waals surface area contributed by atoms with Crippen LogP contribution in [0.5, 0.6) is 0 Å². The number of esters is 2. The summed E-state index contributed by atoms with van der Waals surface area (Å²) in [4.78, 5) is 25.9. The van der Waals surface area contributed by atoms with Gasteiger partial charge in [0, 0.05) is 12.8 Å². The van der Waals surface area contributed by atoms with Crippen LogP contribution >= 0.6 is 0 Å². The number of carbonyl (C=O) groups excluding carboxylic acids is 2. The van der Waals surface area contributed by atoms with Crippen LogP contribution in [0.3, 0.4) is 0 Å². The van der Waals surface area contributed by atoms with Gasteiger partial charge < -0.3 is 39.4 Å². The number of aliphatic hydroxyl groups excluding tert-OH is 4. The molecule has 1 rings (SSSR count). The molecule has 0 aromatic heterocycles. The number of rotatable bonds is 36. The molecule has 0 saturated carbocycles. The van der Waals surface area contributed by atoms with E-state index in [-0.39, 0.29) is 19.4 Å². The van der Waals surface area contributed by atoms with E-state index in [0.717, 1.165) is 57.8 Å². The van der Waals surface area contributed by atoms with Crippen LogP contribution in [0.15, 0.2) is 12.2 Å². The summed E-state index contributed by atoms with van der Waals surface area (Å²) >= 11 is 0. The number of carbonyl (C=O) groups is 2. The molecule has 1 fully saturated rings. The molecule has 0 aromatic carbocycles. The molecular formula is C43H80O10. The highest BCUT2D eigenvalue weighted by atomic mass is 16.7. The fraction of sp³-hybridized carbons (Fsp3) is 0.907. The first kappa shape index (κ1) is 49.5. The average molecular weight is 757 g/mol. The first-order valence-corrected chi connectivity index (χ1v) is 21.8. The molecule has 53 heavy (non-hydrogen) atoms. The molecular weight excluding hydrogens is 676 g/mol. The lowest BCUT2D eigenvalue weighted by molar-refractivity contribution is -0.310. The van der Waals surface area contributed by atoms with E-state index in [1.165, 1.54) is 96.3 Å². The monoisotopic (exact) mass is 757 g/mol. The van der Waals surface area contributed by atoms with Gasteiger partial charge >= 0.3 is 11.9 Å². The predicted octanol–water partition coefficient (Wildman–Crippen LogP) is 8.78. The van der Waals surface area contributed by atoms with Gasteiger partial charge in [0.1, 0.15) is 18.3 Å². The summed E-state index contributed by atoms with van der Waals surface area (Å²) in [6.07, 6.45) is 27.3. The van der Waals surface area contributed by atoms with Crippen molar-refractivity contribution in [2.75, 3.05) is 19.8 Å². The van der Waals surface area contributed by atoms with Crippen LogP contribution in [0.1, 0.15) is 194 Å². The van der Waals surface area contributed by atoms with Crippen molar-refractivity contribution in [1.82, 2.24) is 0 Å². The Morgan fingerprint density at radius 1 is 0.604 bits per heavy atom. The highest BCUT2D eigenvalue weighted by Crippen LogP contribution is 2.28. The number of aliphatic hydroxyl groups is 4. The fourth-order valence-electron chi connectivity index (χ4n) is 6.74. The zero-order valence-corrected chi connectivity index (χ0v) is 33.8. The minimum atomic E-state index is -1.46. The van der Waals surface area contributed by atoms with Crippen LogP contribution in [0, 0.1) is 0 Å². The number of unbranched alkanes of at least 4 members (excludes halogenated alkanes) is 23. The molecule has 0 spiro atoms. The number of hydrogen-bond donors (Lipinski definition) is 4. The van der Waals surface area contributed by atoms with Crippen LogP contribution in [0.2, 0.25) is 0 Å². The summed E-state index contributed by atoms with van der Waals surface area (Å²) in [6.45, 7) is 2.98. The SMILES string of the molecule is CCCCCCCC/C=C\CCCCCCCC(=O)O[C@H]1[C@@H](OC[C@H](O)CO)O[C@H](CO)[C@@H](O)[C@@H]1OC(=O)CCCCCCCCCCCCCCC. The molecule has 1 aliphatic rings. The van der Waals surface area contributed by atoms with Crippen LogP contribution in [-0.2, 0) is 28.5 Å². The van der Waals surface area contributed by atoms with Crippen molar-refractivity contribution in [3.8, 4) is 0 Å². The Morgan fingerprint density at radius 2 is 1.00 bits per heavy atom. The molecule has 312 valence electrons. The van der Waals surface area contributed by atoms with E-state index in [1.54, 1.807) is 0 Å². The minimum absolute atomic E-state index is 0.139. The fourth-order valence-corrected chi connectivity index (χ4v) is 6.74. The van der Waals surface area contributed by atoms with Crippen molar-refractivity contribution < 1.29 is 49.0 Å². The van der Waals surface area contributed by atoms with Gasteiger partial charge in [-0.05, 0) is 38.5 Å². The van der Waals surface area contributed by atoms with E-state index in [2.05, 4.69) is 26.0 Å². The lowest BCUT2D eigenvalue weighted by Gasteiger charge is -2.43. The third-order valence-electron chi connectivity index (χ3n) is 10.1. The van der Waals surface area contributed by atoms with Crippen molar-refractivity contribution in [2.24, 2.45) is 0 Å². The Hall–Kier alpha value is -1.56. The molecule has 0 aromatic rings.